The summed E-state index contributed by atoms with van der Waals surface area (Å²) in [5, 5.41) is 3.69. The van der Waals surface area contributed by atoms with Crippen LogP contribution in [0.4, 0.5) is 0 Å². The number of thioether (sulfide) groups is 1. The van der Waals surface area contributed by atoms with E-state index in [-0.39, 0.29) is 17.7 Å². The molecule has 2 saturated heterocycles. The topological polar surface area (TPSA) is 32.3 Å². The standard InChI is InChI=1S/C13H24N2OS.ClH/c1-2-14-10-11-5-7-15(8-6-11)13(16)12-4-3-9-17-12;/h11-12,14H,2-10H2,1H3;1H. The van der Waals surface area contributed by atoms with Crippen molar-refractivity contribution in [2.75, 3.05) is 31.9 Å². The van der Waals surface area contributed by atoms with Crippen molar-refractivity contribution in [2.24, 2.45) is 5.92 Å². The van der Waals surface area contributed by atoms with Crippen LogP contribution >= 0.6 is 24.2 Å². The maximum atomic E-state index is 12.2. The molecule has 0 aromatic carbocycles. The average molecular weight is 293 g/mol. The van der Waals surface area contributed by atoms with Crippen LogP contribution < -0.4 is 5.32 Å². The van der Waals surface area contributed by atoms with Crippen molar-refractivity contribution in [1.82, 2.24) is 10.2 Å². The van der Waals surface area contributed by atoms with Gasteiger partial charge in [0.05, 0.1) is 5.25 Å². The Hall–Kier alpha value is 0.0700. The molecule has 2 aliphatic rings. The molecule has 1 N–H and O–H groups in total. The van der Waals surface area contributed by atoms with Gasteiger partial charge in [-0.15, -0.1) is 24.2 Å². The van der Waals surface area contributed by atoms with Crippen LogP contribution in [-0.2, 0) is 4.79 Å². The van der Waals surface area contributed by atoms with Crippen molar-refractivity contribution in [2.45, 2.75) is 37.9 Å². The lowest BCUT2D eigenvalue weighted by atomic mass is 9.96. The Kier molecular flexibility index (Phi) is 7.42. The Morgan fingerprint density at radius 1 is 1.33 bits per heavy atom. The normalized spacial score (nSPS) is 24.9. The van der Waals surface area contributed by atoms with Gasteiger partial charge in [0.25, 0.3) is 0 Å². The number of hydrogen-bond acceptors (Lipinski definition) is 3. The van der Waals surface area contributed by atoms with Gasteiger partial charge in [0.15, 0.2) is 0 Å². The molecule has 106 valence electrons. The second kappa shape index (κ2) is 8.28. The number of amides is 1. The van der Waals surface area contributed by atoms with E-state index in [4.69, 9.17) is 0 Å². The lowest BCUT2D eigenvalue weighted by Gasteiger charge is -2.33. The summed E-state index contributed by atoms with van der Waals surface area (Å²) < 4.78 is 0. The first-order valence-electron chi connectivity index (χ1n) is 6.92. The minimum absolute atomic E-state index is 0. The highest BCUT2D eigenvalue weighted by atomic mass is 35.5. The summed E-state index contributed by atoms with van der Waals surface area (Å²) in [6, 6.07) is 0. The summed E-state index contributed by atoms with van der Waals surface area (Å²) in [6.45, 7) is 6.28. The molecule has 2 aliphatic heterocycles. The van der Waals surface area contributed by atoms with Gasteiger partial charge in [-0.05, 0) is 50.4 Å². The highest BCUT2D eigenvalue weighted by Crippen LogP contribution is 2.29. The Morgan fingerprint density at radius 2 is 2.06 bits per heavy atom. The first-order chi connectivity index (χ1) is 8.31. The fourth-order valence-electron chi connectivity index (χ4n) is 2.68. The molecule has 0 saturated carbocycles. The highest BCUT2D eigenvalue weighted by molar-refractivity contribution is 8.00. The fraction of sp³-hybridized carbons (Fsp3) is 0.923. The number of rotatable bonds is 4. The van der Waals surface area contributed by atoms with Gasteiger partial charge >= 0.3 is 0 Å². The van der Waals surface area contributed by atoms with E-state index in [1.54, 1.807) is 0 Å². The molecular weight excluding hydrogens is 268 g/mol. The highest BCUT2D eigenvalue weighted by Gasteiger charge is 2.30. The predicted octanol–water partition coefficient (Wildman–Crippen LogP) is 2.15. The number of carbonyl (C=O) groups excluding carboxylic acids is 1. The van der Waals surface area contributed by atoms with Crippen molar-refractivity contribution in [3.8, 4) is 0 Å². The summed E-state index contributed by atoms with van der Waals surface area (Å²) in [5.41, 5.74) is 0. The fourth-order valence-corrected chi connectivity index (χ4v) is 3.92. The monoisotopic (exact) mass is 292 g/mol. The molecule has 5 heteroatoms. The van der Waals surface area contributed by atoms with Gasteiger partial charge in [0.1, 0.15) is 0 Å². The smallest absolute Gasteiger partial charge is 0.235 e. The summed E-state index contributed by atoms with van der Waals surface area (Å²) in [5.74, 6) is 2.36. The van der Waals surface area contributed by atoms with Gasteiger partial charge in [0.2, 0.25) is 5.91 Å². The van der Waals surface area contributed by atoms with Gasteiger partial charge in [0, 0.05) is 13.1 Å². The molecule has 1 unspecified atom stereocenters. The van der Waals surface area contributed by atoms with Gasteiger partial charge < -0.3 is 10.2 Å². The summed E-state index contributed by atoms with van der Waals surface area (Å²) in [6.07, 6.45) is 4.67. The SMILES string of the molecule is CCNCC1CCN(C(=O)C2CCCS2)CC1.Cl. The summed E-state index contributed by atoms with van der Waals surface area (Å²) >= 11 is 1.86. The van der Waals surface area contributed by atoms with Crippen LogP contribution in [0, 0.1) is 5.92 Å². The predicted molar refractivity (Wildman–Crippen MR) is 80.6 cm³/mol. The molecule has 1 atom stereocenters. The first-order valence-corrected chi connectivity index (χ1v) is 7.97. The van der Waals surface area contributed by atoms with Crippen molar-refractivity contribution >= 4 is 30.1 Å². The van der Waals surface area contributed by atoms with Crippen LogP contribution in [0.5, 0.6) is 0 Å². The zero-order chi connectivity index (χ0) is 12.1. The molecule has 0 radical (unpaired) electrons. The number of nitrogens with one attached hydrogen (secondary N) is 1. The number of halogens is 1. The molecule has 1 amide bonds. The molecule has 0 aromatic heterocycles. The van der Waals surface area contributed by atoms with E-state index in [1.165, 1.54) is 25.0 Å². The van der Waals surface area contributed by atoms with Crippen LogP contribution in [0.1, 0.15) is 32.6 Å². The van der Waals surface area contributed by atoms with Crippen LogP contribution in [0.2, 0.25) is 0 Å². The Bertz CT molecular complexity index is 251. The third kappa shape index (κ3) is 4.32. The lowest BCUT2D eigenvalue weighted by Crippen LogP contribution is -2.43. The van der Waals surface area contributed by atoms with Crippen molar-refractivity contribution in [1.29, 1.82) is 0 Å². The van der Waals surface area contributed by atoms with Crippen LogP contribution in [0.3, 0.4) is 0 Å². The molecular formula is C13H25ClN2OS. The van der Waals surface area contributed by atoms with Gasteiger partial charge in [-0.25, -0.2) is 0 Å². The second-order valence-electron chi connectivity index (χ2n) is 5.08. The van der Waals surface area contributed by atoms with Crippen molar-refractivity contribution < 1.29 is 4.79 Å². The van der Waals surface area contributed by atoms with Gasteiger partial charge in [-0.2, -0.15) is 0 Å². The molecule has 2 fully saturated rings. The lowest BCUT2D eigenvalue weighted by molar-refractivity contribution is -0.132. The Morgan fingerprint density at radius 3 is 2.61 bits per heavy atom. The minimum Gasteiger partial charge on any atom is -0.342 e. The van der Waals surface area contributed by atoms with E-state index in [0.29, 0.717) is 5.91 Å². The Balaban J connectivity index is 0.00000162. The maximum absolute atomic E-state index is 12.2. The van der Waals surface area contributed by atoms with E-state index >= 15 is 0 Å². The van der Waals surface area contributed by atoms with Crippen molar-refractivity contribution in [3.05, 3.63) is 0 Å². The number of hydrogen-bond donors (Lipinski definition) is 1. The van der Waals surface area contributed by atoms with E-state index in [9.17, 15) is 4.79 Å². The third-order valence-electron chi connectivity index (χ3n) is 3.81. The first kappa shape index (κ1) is 16.1. The second-order valence-corrected chi connectivity index (χ2v) is 6.39. The van der Waals surface area contributed by atoms with E-state index < -0.39 is 0 Å². The number of carbonyl (C=O) groups is 1. The van der Waals surface area contributed by atoms with Gasteiger partial charge in [-0.1, -0.05) is 6.92 Å². The van der Waals surface area contributed by atoms with E-state index in [0.717, 1.165) is 38.5 Å². The van der Waals surface area contributed by atoms with E-state index in [2.05, 4.69) is 17.1 Å². The zero-order valence-electron chi connectivity index (χ0n) is 11.2. The molecule has 0 spiro atoms. The maximum Gasteiger partial charge on any atom is 0.235 e. The molecule has 2 rings (SSSR count). The third-order valence-corrected chi connectivity index (χ3v) is 5.18. The molecule has 0 aliphatic carbocycles. The molecule has 0 aromatic rings. The largest absolute Gasteiger partial charge is 0.342 e. The molecule has 0 bridgehead atoms. The van der Waals surface area contributed by atoms with E-state index in [1.807, 2.05) is 11.8 Å². The summed E-state index contributed by atoms with van der Waals surface area (Å²) in [4.78, 5) is 14.3. The number of likely N-dealkylation sites (tertiary alicyclic amines) is 1. The number of piperidine rings is 1. The quantitative estimate of drug-likeness (QED) is 0.862. The van der Waals surface area contributed by atoms with Crippen molar-refractivity contribution in [3.63, 3.8) is 0 Å². The van der Waals surface area contributed by atoms with Crippen LogP contribution in [-0.4, -0.2) is 48.0 Å². The number of nitrogens with zero attached hydrogens (tertiary/aromatic N) is 1. The van der Waals surface area contributed by atoms with Crippen LogP contribution in [0.15, 0.2) is 0 Å². The summed E-state index contributed by atoms with van der Waals surface area (Å²) in [7, 11) is 0. The molecule has 2 heterocycles. The zero-order valence-corrected chi connectivity index (χ0v) is 12.8. The Labute approximate surface area is 121 Å². The van der Waals surface area contributed by atoms with Crippen LogP contribution in [0.25, 0.3) is 0 Å². The molecule has 18 heavy (non-hydrogen) atoms. The molecule has 3 nitrogen and oxygen atoms in total. The van der Waals surface area contributed by atoms with Gasteiger partial charge in [-0.3, -0.25) is 4.79 Å². The average Bonchev–Trinajstić information content (AvgIpc) is 2.90. The minimum atomic E-state index is 0.